The van der Waals surface area contributed by atoms with Crippen molar-refractivity contribution in [2.24, 2.45) is 0 Å². The molecule has 8 heteroatoms. The Morgan fingerprint density at radius 1 is 1.60 bits per heavy atom. The number of nitro groups is 1. The van der Waals surface area contributed by atoms with Gasteiger partial charge in [-0.2, -0.15) is 0 Å². The second kappa shape index (κ2) is 6.17. The number of rotatable bonds is 4. The zero-order valence-electron chi connectivity index (χ0n) is 10.5. The number of carboxylic acid groups (broad SMARTS) is 1. The summed E-state index contributed by atoms with van der Waals surface area (Å²) < 4.78 is 5.13. The normalized spacial score (nSPS) is 19.8. The average molecular weight is 301 g/mol. The van der Waals surface area contributed by atoms with Crippen LogP contribution >= 0.6 is 11.6 Å². The number of nitro benzene ring substituents is 1. The topological polar surface area (TPSA) is 92.9 Å². The minimum absolute atomic E-state index is 0.0648. The summed E-state index contributed by atoms with van der Waals surface area (Å²) in [5.41, 5.74) is 0.334. The van der Waals surface area contributed by atoms with E-state index in [9.17, 15) is 14.9 Å². The smallest absolute Gasteiger partial charge is 0.323 e. The Bertz CT molecular complexity index is 537. The van der Waals surface area contributed by atoms with Crippen LogP contribution in [0.3, 0.4) is 0 Å². The van der Waals surface area contributed by atoms with Crippen LogP contribution in [0.15, 0.2) is 18.2 Å². The van der Waals surface area contributed by atoms with Gasteiger partial charge in [-0.3, -0.25) is 19.8 Å². The van der Waals surface area contributed by atoms with Crippen molar-refractivity contribution in [1.29, 1.82) is 0 Å². The van der Waals surface area contributed by atoms with Crippen molar-refractivity contribution in [2.75, 3.05) is 19.8 Å². The highest BCUT2D eigenvalue weighted by molar-refractivity contribution is 6.30. The Hall–Kier alpha value is -1.70. The maximum Gasteiger partial charge on any atom is 0.323 e. The molecule has 0 bridgehead atoms. The fourth-order valence-electron chi connectivity index (χ4n) is 2.13. The van der Waals surface area contributed by atoms with Crippen LogP contribution in [0.25, 0.3) is 0 Å². The highest BCUT2D eigenvalue weighted by atomic mass is 35.5. The number of aliphatic carboxylic acids is 1. The quantitative estimate of drug-likeness (QED) is 0.669. The molecule has 1 fully saturated rings. The third-order valence-corrected chi connectivity index (χ3v) is 3.37. The van der Waals surface area contributed by atoms with Gasteiger partial charge in [0.1, 0.15) is 6.04 Å². The molecule has 108 valence electrons. The van der Waals surface area contributed by atoms with Crippen LogP contribution in [0.5, 0.6) is 0 Å². The van der Waals surface area contributed by atoms with Crippen molar-refractivity contribution in [1.82, 2.24) is 4.90 Å². The maximum absolute atomic E-state index is 11.2. The zero-order chi connectivity index (χ0) is 14.7. The molecule has 0 amide bonds. The lowest BCUT2D eigenvalue weighted by molar-refractivity contribution is -0.385. The number of ether oxygens (including phenoxy) is 1. The molecule has 1 aromatic rings. The van der Waals surface area contributed by atoms with E-state index in [4.69, 9.17) is 21.4 Å². The second-order valence-corrected chi connectivity index (χ2v) is 4.87. The van der Waals surface area contributed by atoms with Gasteiger partial charge in [0.2, 0.25) is 0 Å². The van der Waals surface area contributed by atoms with Gasteiger partial charge in [-0.15, -0.1) is 0 Å². The summed E-state index contributed by atoms with van der Waals surface area (Å²) in [5.74, 6) is -1.01. The fourth-order valence-corrected chi connectivity index (χ4v) is 2.33. The molecule has 0 aliphatic carbocycles. The summed E-state index contributed by atoms with van der Waals surface area (Å²) in [6.45, 7) is 1.03. The summed E-state index contributed by atoms with van der Waals surface area (Å²) in [7, 11) is 0. The second-order valence-electron chi connectivity index (χ2n) is 4.43. The Labute approximate surface area is 119 Å². The van der Waals surface area contributed by atoms with Crippen LogP contribution in [0, 0.1) is 10.1 Å². The predicted molar refractivity (Wildman–Crippen MR) is 70.8 cm³/mol. The molecule has 1 N–H and O–H groups in total. The Morgan fingerprint density at radius 2 is 2.35 bits per heavy atom. The van der Waals surface area contributed by atoms with Crippen molar-refractivity contribution in [3.05, 3.63) is 38.9 Å². The van der Waals surface area contributed by atoms with E-state index >= 15 is 0 Å². The molecule has 0 saturated carbocycles. The van der Waals surface area contributed by atoms with Gasteiger partial charge in [0, 0.05) is 29.7 Å². The molecule has 1 heterocycles. The van der Waals surface area contributed by atoms with Crippen LogP contribution in [0.1, 0.15) is 5.56 Å². The third kappa shape index (κ3) is 3.24. The van der Waals surface area contributed by atoms with Gasteiger partial charge in [-0.25, -0.2) is 0 Å². The first-order chi connectivity index (χ1) is 9.49. The lowest BCUT2D eigenvalue weighted by Gasteiger charge is -2.32. The molecule has 1 aromatic carbocycles. The van der Waals surface area contributed by atoms with Gasteiger partial charge in [-0.1, -0.05) is 11.6 Å². The minimum atomic E-state index is -1.01. The van der Waals surface area contributed by atoms with Crippen molar-refractivity contribution >= 4 is 23.3 Å². The van der Waals surface area contributed by atoms with Crippen molar-refractivity contribution < 1.29 is 19.6 Å². The number of carboxylic acids is 1. The van der Waals surface area contributed by atoms with Gasteiger partial charge in [0.05, 0.1) is 18.1 Å². The number of benzene rings is 1. The van der Waals surface area contributed by atoms with E-state index in [-0.39, 0.29) is 18.8 Å². The average Bonchev–Trinajstić information content (AvgIpc) is 2.38. The van der Waals surface area contributed by atoms with Crippen LogP contribution < -0.4 is 0 Å². The molecule has 1 atom stereocenters. The first-order valence-electron chi connectivity index (χ1n) is 5.96. The van der Waals surface area contributed by atoms with E-state index in [1.807, 2.05) is 0 Å². The van der Waals surface area contributed by atoms with Gasteiger partial charge in [0.15, 0.2) is 0 Å². The first kappa shape index (κ1) is 14.7. The summed E-state index contributed by atoms with van der Waals surface area (Å²) in [6.07, 6.45) is 0. The highest BCUT2D eigenvalue weighted by Gasteiger charge is 2.30. The fraction of sp³-hybridized carbons (Fsp3) is 0.417. The summed E-state index contributed by atoms with van der Waals surface area (Å²) in [6, 6.07) is 3.46. The van der Waals surface area contributed by atoms with Crippen molar-refractivity contribution in [2.45, 2.75) is 12.6 Å². The molecule has 1 unspecified atom stereocenters. The molecule has 20 heavy (non-hydrogen) atoms. The number of hydrogen-bond donors (Lipinski definition) is 1. The highest BCUT2D eigenvalue weighted by Crippen LogP contribution is 2.25. The molecule has 2 rings (SSSR count). The van der Waals surface area contributed by atoms with E-state index in [1.54, 1.807) is 4.90 Å². The first-order valence-corrected chi connectivity index (χ1v) is 6.34. The van der Waals surface area contributed by atoms with Crippen LogP contribution in [0.4, 0.5) is 5.69 Å². The van der Waals surface area contributed by atoms with E-state index in [0.717, 1.165) is 0 Å². The predicted octanol–water partition coefficient (Wildman–Crippen LogP) is 1.53. The zero-order valence-corrected chi connectivity index (χ0v) is 11.2. The largest absolute Gasteiger partial charge is 0.480 e. The Balaban J connectivity index is 2.25. The number of morpholine rings is 1. The van der Waals surface area contributed by atoms with Crippen molar-refractivity contribution in [3.63, 3.8) is 0 Å². The number of nitrogens with zero attached hydrogens (tertiary/aromatic N) is 2. The van der Waals surface area contributed by atoms with Gasteiger partial charge < -0.3 is 9.84 Å². The lowest BCUT2D eigenvalue weighted by atomic mass is 10.1. The summed E-state index contributed by atoms with van der Waals surface area (Å²) >= 11 is 5.86. The number of hydrogen-bond acceptors (Lipinski definition) is 5. The molecular formula is C12H13ClN2O5. The molecule has 0 aromatic heterocycles. The molecule has 7 nitrogen and oxygen atoms in total. The van der Waals surface area contributed by atoms with Gasteiger partial charge >= 0.3 is 5.97 Å². The minimum Gasteiger partial charge on any atom is -0.480 e. The SMILES string of the molecule is O=C(O)C1COCCN1Cc1cc(Cl)ccc1[N+](=O)[O-]. The molecule has 0 spiro atoms. The van der Waals surface area contributed by atoms with E-state index < -0.39 is 16.9 Å². The molecule has 1 saturated heterocycles. The molecule has 1 aliphatic heterocycles. The maximum atomic E-state index is 11.2. The number of carbonyl (C=O) groups is 1. The molecular weight excluding hydrogens is 288 g/mol. The van der Waals surface area contributed by atoms with Crippen molar-refractivity contribution in [3.8, 4) is 0 Å². The van der Waals surface area contributed by atoms with Crippen LogP contribution in [-0.2, 0) is 16.1 Å². The van der Waals surface area contributed by atoms with Gasteiger partial charge in [0.25, 0.3) is 5.69 Å². The lowest BCUT2D eigenvalue weighted by Crippen LogP contribution is -2.49. The Kier molecular flexibility index (Phi) is 4.53. The van der Waals surface area contributed by atoms with E-state index in [0.29, 0.717) is 23.7 Å². The van der Waals surface area contributed by atoms with E-state index in [2.05, 4.69) is 0 Å². The van der Waals surface area contributed by atoms with Crippen LogP contribution in [0.2, 0.25) is 5.02 Å². The molecule has 1 aliphatic rings. The third-order valence-electron chi connectivity index (χ3n) is 3.14. The monoisotopic (exact) mass is 300 g/mol. The Morgan fingerprint density at radius 3 is 3.00 bits per heavy atom. The van der Waals surface area contributed by atoms with Crippen LogP contribution in [-0.4, -0.2) is 46.7 Å². The van der Waals surface area contributed by atoms with E-state index in [1.165, 1.54) is 18.2 Å². The molecule has 0 radical (unpaired) electrons. The summed E-state index contributed by atoms with van der Waals surface area (Å²) in [4.78, 5) is 23.3. The summed E-state index contributed by atoms with van der Waals surface area (Å²) in [5, 5.41) is 20.5. The number of halogens is 1. The van der Waals surface area contributed by atoms with Gasteiger partial charge in [-0.05, 0) is 12.1 Å². The standard InChI is InChI=1S/C12H13ClN2O5/c13-9-1-2-10(15(18)19)8(5-9)6-14-3-4-20-7-11(14)12(16)17/h1-2,5,11H,3-4,6-7H2,(H,16,17).